The molecule has 2 aromatic rings. The summed E-state index contributed by atoms with van der Waals surface area (Å²) in [6.07, 6.45) is 1.71. The topological polar surface area (TPSA) is 67.4 Å². The Balaban J connectivity index is 1.85. The van der Waals surface area contributed by atoms with E-state index in [0.29, 0.717) is 22.0 Å². The number of hydrogen-bond donors (Lipinski definition) is 2. The predicted molar refractivity (Wildman–Crippen MR) is 95.1 cm³/mol. The zero-order chi connectivity index (χ0) is 18.0. The summed E-state index contributed by atoms with van der Waals surface area (Å²) >= 11 is 6.02. The van der Waals surface area contributed by atoms with Gasteiger partial charge in [0.25, 0.3) is 0 Å². The van der Waals surface area contributed by atoms with Gasteiger partial charge in [0, 0.05) is 23.2 Å². The largest absolute Gasteiger partial charge is 0.495 e. The number of ether oxygens (including phenoxy) is 1. The molecule has 2 N–H and O–H groups in total. The standard InChI is InChI=1S/C17H18ClFN2O3S/c1-24-17-8-7-12(25(22,23)21-11-5-6-11)9-16(17)20-10-13-14(18)3-2-4-15(13)19/h2-4,7-9,11,20-21H,5-6,10H2,1H3. The average Bonchev–Trinajstić information content (AvgIpc) is 3.37. The molecule has 25 heavy (non-hydrogen) atoms. The van der Waals surface area contributed by atoms with Crippen molar-refractivity contribution < 1.29 is 17.5 Å². The summed E-state index contributed by atoms with van der Waals surface area (Å²) in [6.45, 7) is 0.0986. The maximum atomic E-state index is 13.9. The highest BCUT2D eigenvalue weighted by molar-refractivity contribution is 7.89. The van der Waals surface area contributed by atoms with E-state index in [1.54, 1.807) is 12.1 Å². The van der Waals surface area contributed by atoms with Crippen LogP contribution in [0, 0.1) is 5.82 Å². The van der Waals surface area contributed by atoms with Gasteiger partial charge in [-0.05, 0) is 43.2 Å². The van der Waals surface area contributed by atoms with Crippen molar-refractivity contribution in [3.8, 4) is 5.75 Å². The molecule has 0 atom stereocenters. The van der Waals surface area contributed by atoms with Crippen molar-refractivity contribution in [2.24, 2.45) is 0 Å². The summed E-state index contributed by atoms with van der Waals surface area (Å²) in [6, 6.07) is 8.97. The van der Waals surface area contributed by atoms with Crippen LogP contribution in [-0.4, -0.2) is 21.6 Å². The highest BCUT2D eigenvalue weighted by Crippen LogP contribution is 2.30. The van der Waals surface area contributed by atoms with Crippen LogP contribution in [0.2, 0.25) is 5.02 Å². The van der Waals surface area contributed by atoms with Crippen LogP contribution in [0.3, 0.4) is 0 Å². The van der Waals surface area contributed by atoms with Crippen LogP contribution in [0.25, 0.3) is 0 Å². The number of hydrogen-bond acceptors (Lipinski definition) is 4. The first-order valence-electron chi connectivity index (χ1n) is 7.78. The zero-order valence-corrected chi connectivity index (χ0v) is 15.1. The zero-order valence-electron chi connectivity index (χ0n) is 13.6. The van der Waals surface area contributed by atoms with Gasteiger partial charge in [-0.3, -0.25) is 0 Å². The molecule has 3 rings (SSSR count). The molecule has 2 aromatic carbocycles. The monoisotopic (exact) mass is 384 g/mol. The summed E-state index contributed by atoms with van der Waals surface area (Å²) in [5, 5.41) is 3.30. The molecule has 0 radical (unpaired) electrons. The Morgan fingerprint density at radius 3 is 2.68 bits per heavy atom. The second kappa shape index (κ2) is 7.19. The fourth-order valence-corrected chi connectivity index (χ4v) is 3.93. The number of nitrogens with one attached hydrogen (secondary N) is 2. The second-order valence-corrected chi connectivity index (χ2v) is 7.93. The van der Waals surface area contributed by atoms with E-state index in [4.69, 9.17) is 16.3 Å². The molecule has 134 valence electrons. The minimum Gasteiger partial charge on any atom is -0.495 e. The molecule has 1 aliphatic rings. The Morgan fingerprint density at radius 1 is 1.28 bits per heavy atom. The van der Waals surface area contributed by atoms with E-state index in [1.165, 1.54) is 31.4 Å². The molecule has 0 unspecified atom stereocenters. The van der Waals surface area contributed by atoms with Crippen molar-refractivity contribution in [3.05, 3.63) is 52.8 Å². The predicted octanol–water partition coefficient (Wildman–Crippen LogP) is 3.54. The van der Waals surface area contributed by atoms with Gasteiger partial charge >= 0.3 is 0 Å². The summed E-state index contributed by atoms with van der Waals surface area (Å²) in [5.41, 5.74) is 0.746. The Bertz CT molecular complexity index is 865. The summed E-state index contributed by atoms with van der Waals surface area (Å²) < 4.78 is 46.5. The van der Waals surface area contributed by atoms with Crippen molar-refractivity contribution in [3.63, 3.8) is 0 Å². The van der Waals surface area contributed by atoms with E-state index >= 15 is 0 Å². The van der Waals surface area contributed by atoms with E-state index in [-0.39, 0.29) is 17.5 Å². The lowest BCUT2D eigenvalue weighted by Gasteiger charge is -2.14. The van der Waals surface area contributed by atoms with E-state index in [0.717, 1.165) is 12.8 Å². The van der Waals surface area contributed by atoms with E-state index in [1.807, 2.05) is 0 Å². The van der Waals surface area contributed by atoms with Gasteiger partial charge in [-0.2, -0.15) is 0 Å². The number of anilines is 1. The van der Waals surface area contributed by atoms with Crippen molar-refractivity contribution in [1.82, 2.24) is 4.72 Å². The molecular formula is C17H18ClFN2O3S. The Labute approximate surface area is 151 Å². The van der Waals surface area contributed by atoms with Crippen LogP contribution in [0.4, 0.5) is 10.1 Å². The van der Waals surface area contributed by atoms with Gasteiger partial charge in [0.05, 0.1) is 17.7 Å². The third-order valence-corrected chi connectivity index (χ3v) is 5.77. The lowest BCUT2D eigenvalue weighted by Crippen LogP contribution is -2.25. The third-order valence-electron chi connectivity index (χ3n) is 3.90. The van der Waals surface area contributed by atoms with Gasteiger partial charge in [0.1, 0.15) is 11.6 Å². The SMILES string of the molecule is COc1ccc(S(=O)(=O)NC2CC2)cc1NCc1c(F)cccc1Cl. The van der Waals surface area contributed by atoms with E-state index in [2.05, 4.69) is 10.0 Å². The van der Waals surface area contributed by atoms with Gasteiger partial charge in [-0.15, -0.1) is 0 Å². The molecule has 0 amide bonds. The van der Waals surface area contributed by atoms with Crippen LogP contribution >= 0.6 is 11.6 Å². The maximum Gasteiger partial charge on any atom is 0.240 e. The Hall–Kier alpha value is -1.83. The molecule has 1 saturated carbocycles. The Kier molecular flexibility index (Phi) is 5.17. The minimum atomic E-state index is -3.59. The minimum absolute atomic E-state index is 0.0146. The molecule has 0 heterocycles. The summed E-state index contributed by atoms with van der Waals surface area (Å²) in [7, 11) is -2.11. The normalized spacial score (nSPS) is 14.4. The van der Waals surface area contributed by atoms with E-state index in [9.17, 15) is 12.8 Å². The third kappa shape index (κ3) is 4.23. The first-order chi connectivity index (χ1) is 11.9. The lowest BCUT2D eigenvalue weighted by molar-refractivity contribution is 0.416. The Morgan fingerprint density at radius 2 is 2.04 bits per heavy atom. The van der Waals surface area contributed by atoms with Crippen LogP contribution in [-0.2, 0) is 16.6 Å². The van der Waals surface area contributed by atoms with Crippen LogP contribution < -0.4 is 14.8 Å². The smallest absolute Gasteiger partial charge is 0.240 e. The van der Waals surface area contributed by atoms with Crippen LogP contribution in [0.15, 0.2) is 41.3 Å². The van der Waals surface area contributed by atoms with Crippen molar-refractivity contribution in [1.29, 1.82) is 0 Å². The number of rotatable bonds is 7. The van der Waals surface area contributed by atoms with Gasteiger partial charge < -0.3 is 10.1 Å². The van der Waals surface area contributed by atoms with E-state index < -0.39 is 15.8 Å². The quantitative estimate of drug-likeness (QED) is 0.766. The van der Waals surface area contributed by atoms with Gasteiger partial charge in [-0.1, -0.05) is 17.7 Å². The van der Waals surface area contributed by atoms with Crippen molar-refractivity contribution in [2.75, 3.05) is 12.4 Å². The molecule has 5 nitrogen and oxygen atoms in total. The molecule has 0 bridgehead atoms. The van der Waals surface area contributed by atoms with Gasteiger partial charge in [0.15, 0.2) is 0 Å². The maximum absolute atomic E-state index is 13.9. The molecule has 8 heteroatoms. The van der Waals surface area contributed by atoms with Crippen LogP contribution in [0.5, 0.6) is 5.75 Å². The lowest BCUT2D eigenvalue weighted by atomic mass is 10.2. The van der Waals surface area contributed by atoms with Gasteiger partial charge in [-0.25, -0.2) is 17.5 Å². The van der Waals surface area contributed by atoms with Gasteiger partial charge in [0.2, 0.25) is 10.0 Å². The molecule has 0 saturated heterocycles. The number of benzene rings is 2. The molecule has 0 aliphatic heterocycles. The molecule has 1 fully saturated rings. The molecule has 1 aliphatic carbocycles. The van der Waals surface area contributed by atoms with Crippen LogP contribution in [0.1, 0.15) is 18.4 Å². The fourth-order valence-electron chi connectivity index (χ4n) is 2.37. The first kappa shape index (κ1) is 18.0. The summed E-state index contributed by atoms with van der Waals surface area (Å²) in [5.74, 6) is 0.0241. The number of sulfonamides is 1. The van der Waals surface area contributed by atoms with Crippen molar-refractivity contribution >= 4 is 27.3 Å². The summed E-state index contributed by atoms with van der Waals surface area (Å²) in [4.78, 5) is 0.127. The first-order valence-corrected chi connectivity index (χ1v) is 9.64. The number of halogens is 2. The number of methoxy groups -OCH3 is 1. The molecular weight excluding hydrogens is 367 g/mol. The van der Waals surface area contributed by atoms with Crippen molar-refractivity contribution in [2.45, 2.75) is 30.3 Å². The highest BCUT2D eigenvalue weighted by atomic mass is 35.5. The molecule has 0 spiro atoms. The fraction of sp³-hybridized carbons (Fsp3) is 0.294. The second-order valence-electron chi connectivity index (χ2n) is 5.81. The highest BCUT2D eigenvalue weighted by Gasteiger charge is 2.28. The average molecular weight is 385 g/mol. The molecule has 0 aromatic heterocycles.